The highest BCUT2D eigenvalue weighted by Crippen LogP contribution is 2.25. The fourth-order valence-electron chi connectivity index (χ4n) is 2.42. The SMILES string of the molecule is O=C(COc1ccc(/C=N/NC(=O)c2ccc(Cl)cc2)cc1Cl)Nc1ccc(Cl)cc1. The van der Waals surface area contributed by atoms with Gasteiger partial charge in [-0.25, -0.2) is 5.43 Å². The van der Waals surface area contributed by atoms with Gasteiger partial charge in [-0.3, -0.25) is 9.59 Å². The zero-order chi connectivity index (χ0) is 22.2. The number of hydrogen-bond acceptors (Lipinski definition) is 4. The fourth-order valence-corrected chi connectivity index (χ4v) is 2.91. The van der Waals surface area contributed by atoms with E-state index in [0.717, 1.165) is 0 Å². The van der Waals surface area contributed by atoms with Gasteiger partial charge in [-0.1, -0.05) is 34.8 Å². The Morgan fingerprint density at radius 3 is 2.19 bits per heavy atom. The fraction of sp³-hybridized carbons (Fsp3) is 0.0455. The van der Waals surface area contributed by atoms with Crippen molar-refractivity contribution in [1.82, 2.24) is 5.43 Å². The molecule has 9 heteroatoms. The Morgan fingerprint density at radius 2 is 1.55 bits per heavy atom. The van der Waals surface area contributed by atoms with Gasteiger partial charge in [-0.2, -0.15) is 5.10 Å². The third-order valence-corrected chi connectivity index (χ3v) is 4.73. The highest BCUT2D eigenvalue weighted by molar-refractivity contribution is 6.32. The van der Waals surface area contributed by atoms with Crippen molar-refractivity contribution < 1.29 is 14.3 Å². The molecule has 6 nitrogen and oxygen atoms in total. The van der Waals surface area contributed by atoms with Gasteiger partial charge >= 0.3 is 0 Å². The summed E-state index contributed by atoms with van der Waals surface area (Å²) >= 11 is 17.8. The number of amides is 2. The van der Waals surface area contributed by atoms with Crippen molar-refractivity contribution in [1.29, 1.82) is 0 Å². The molecule has 0 heterocycles. The van der Waals surface area contributed by atoms with Crippen LogP contribution in [0.25, 0.3) is 0 Å². The quantitative estimate of drug-likeness (QED) is 0.352. The molecular formula is C22H16Cl3N3O3. The first-order valence-corrected chi connectivity index (χ1v) is 10.1. The number of hydrazone groups is 1. The van der Waals surface area contributed by atoms with E-state index in [1.165, 1.54) is 6.21 Å². The number of benzene rings is 3. The van der Waals surface area contributed by atoms with E-state index in [1.807, 2.05) is 0 Å². The molecule has 0 aliphatic carbocycles. The lowest BCUT2D eigenvalue weighted by molar-refractivity contribution is -0.118. The summed E-state index contributed by atoms with van der Waals surface area (Å²) < 4.78 is 5.46. The summed E-state index contributed by atoms with van der Waals surface area (Å²) in [6.45, 7) is -0.215. The first kappa shape index (κ1) is 22.6. The van der Waals surface area contributed by atoms with Crippen LogP contribution in [0.2, 0.25) is 15.1 Å². The van der Waals surface area contributed by atoms with Crippen molar-refractivity contribution in [3.8, 4) is 5.75 Å². The first-order chi connectivity index (χ1) is 14.9. The van der Waals surface area contributed by atoms with Crippen LogP contribution in [0.5, 0.6) is 5.75 Å². The average molecular weight is 477 g/mol. The minimum atomic E-state index is -0.370. The molecule has 0 radical (unpaired) electrons. The van der Waals surface area contributed by atoms with Gasteiger partial charge in [-0.05, 0) is 72.3 Å². The normalized spacial score (nSPS) is 10.7. The largest absolute Gasteiger partial charge is 0.482 e. The van der Waals surface area contributed by atoms with E-state index in [0.29, 0.717) is 37.6 Å². The van der Waals surface area contributed by atoms with Crippen LogP contribution in [0.15, 0.2) is 71.8 Å². The zero-order valence-electron chi connectivity index (χ0n) is 15.9. The van der Waals surface area contributed by atoms with E-state index < -0.39 is 0 Å². The standard InChI is InChI=1S/C22H16Cl3N3O3/c23-16-4-2-15(3-5-16)22(30)28-26-12-14-1-10-20(19(25)11-14)31-13-21(29)27-18-8-6-17(24)7-9-18/h1-12H,13H2,(H,27,29)(H,28,30)/b26-12+. The molecule has 2 N–H and O–H groups in total. The van der Waals surface area contributed by atoms with Crippen LogP contribution in [-0.2, 0) is 4.79 Å². The summed E-state index contributed by atoms with van der Waals surface area (Å²) in [6.07, 6.45) is 1.44. The second-order valence-corrected chi connectivity index (χ2v) is 7.52. The van der Waals surface area contributed by atoms with E-state index in [-0.39, 0.29) is 18.4 Å². The molecule has 3 aromatic carbocycles. The van der Waals surface area contributed by atoms with Crippen LogP contribution in [0.4, 0.5) is 5.69 Å². The number of nitrogens with one attached hydrogen (secondary N) is 2. The lowest BCUT2D eigenvalue weighted by Gasteiger charge is -2.09. The molecule has 0 atom stereocenters. The highest BCUT2D eigenvalue weighted by atomic mass is 35.5. The third-order valence-electron chi connectivity index (χ3n) is 3.93. The summed E-state index contributed by atoms with van der Waals surface area (Å²) in [7, 11) is 0. The van der Waals surface area contributed by atoms with Crippen molar-refractivity contribution in [2.45, 2.75) is 0 Å². The Kier molecular flexibility index (Phi) is 7.89. The second-order valence-electron chi connectivity index (χ2n) is 6.24. The Bertz CT molecular complexity index is 1100. The molecule has 0 aliphatic heterocycles. The van der Waals surface area contributed by atoms with Crippen LogP contribution in [0, 0.1) is 0 Å². The number of anilines is 1. The summed E-state index contributed by atoms with van der Waals surface area (Å²) in [4.78, 5) is 24.0. The lowest BCUT2D eigenvalue weighted by atomic mass is 10.2. The predicted octanol–water partition coefficient (Wildman–Crippen LogP) is 5.43. The Balaban J connectivity index is 1.51. The molecule has 0 unspecified atom stereocenters. The molecule has 0 bridgehead atoms. The van der Waals surface area contributed by atoms with E-state index in [1.54, 1.807) is 66.7 Å². The number of rotatable bonds is 7. The maximum Gasteiger partial charge on any atom is 0.271 e. The van der Waals surface area contributed by atoms with Crippen molar-refractivity contribution >= 4 is 58.5 Å². The third kappa shape index (κ3) is 7.00. The minimum Gasteiger partial charge on any atom is -0.482 e. The van der Waals surface area contributed by atoms with Crippen molar-refractivity contribution in [3.05, 3.63) is 92.9 Å². The number of ether oxygens (including phenoxy) is 1. The van der Waals surface area contributed by atoms with Crippen LogP contribution in [0.3, 0.4) is 0 Å². The predicted molar refractivity (Wildman–Crippen MR) is 124 cm³/mol. The van der Waals surface area contributed by atoms with Crippen LogP contribution in [0.1, 0.15) is 15.9 Å². The highest BCUT2D eigenvalue weighted by Gasteiger charge is 2.08. The molecule has 0 fully saturated rings. The second kappa shape index (κ2) is 10.8. The molecule has 0 saturated carbocycles. The van der Waals surface area contributed by atoms with Crippen molar-refractivity contribution in [2.24, 2.45) is 5.10 Å². The Morgan fingerprint density at radius 1 is 0.903 bits per heavy atom. The van der Waals surface area contributed by atoms with Crippen molar-refractivity contribution in [3.63, 3.8) is 0 Å². The van der Waals surface area contributed by atoms with Crippen LogP contribution in [-0.4, -0.2) is 24.6 Å². The number of carbonyl (C=O) groups is 2. The monoisotopic (exact) mass is 475 g/mol. The van der Waals surface area contributed by atoms with Gasteiger partial charge in [0.2, 0.25) is 0 Å². The molecule has 31 heavy (non-hydrogen) atoms. The maximum atomic E-state index is 12.0. The van der Waals surface area contributed by atoms with E-state index >= 15 is 0 Å². The average Bonchev–Trinajstić information content (AvgIpc) is 2.75. The van der Waals surface area contributed by atoms with E-state index in [4.69, 9.17) is 39.5 Å². The summed E-state index contributed by atoms with van der Waals surface area (Å²) in [5.41, 5.74) is 4.10. The number of halogens is 3. The zero-order valence-corrected chi connectivity index (χ0v) is 18.2. The Hall–Kier alpha value is -3.06. The summed E-state index contributed by atoms with van der Waals surface area (Å²) in [5, 5.41) is 8.02. The van der Waals surface area contributed by atoms with Gasteiger partial charge in [0.1, 0.15) is 5.75 Å². The summed E-state index contributed by atoms with van der Waals surface area (Å²) in [5.74, 6) is -0.366. The van der Waals surface area contributed by atoms with Gasteiger partial charge < -0.3 is 10.1 Å². The van der Waals surface area contributed by atoms with Crippen molar-refractivity contribution in [2.75, 3.05) is 11.9 Å². The van der Waals surface area contributed by atoms with Crippen LogP contribution >= 0.6 is 34.8 Å². The number of hydrogen-bond donors (Lipinski definition) is 2. The van der Waals surface area contributed by atoms with Gasteiger partial charge in [0.25, 0.3) is 11.8 Å². The molecule has 0 aliphatic rings. The molecule has 0 aromatic heterocycles. The minimum absolute atomic E-state index is 0.215. The lowest BCUT2D eigenvalue weighted by Crippen LogP contribution is -2.20. The molecule has 0 spiro atoms. The van der Waals surface area contributed by atoms with E-state index in [2.05, 4.69) is 15.8 Å². The molecule has 158 valence electrons. The first-order valence-electron chi connectivity index (χ1n) is 8.97. The van der Waals surface area contributed by atoms with Gasteiger partial charge in [0.05, 0.1) is 11.2 Å². The summed E-state index contributed by atoms with van der Waals surface area (Å²) in [6, 6.07) is 18.1. The molecule has 3 rings (SSSR count). The Labute approximate surface area is 193 Å². The molecular weight excluding hydrogens is 461 g/mol. The maximum absolute atomic E-state index is 12.0. The topological polar surface area (TPSA) is 79.8 Å². The molecule has 3 aromatic rings. The van der Waals surface area contributed by atoms with E-state index in [9.17, 15) is 9.59 Å². The van der Waals surface area contributed by atoms with Gasteiger partial charge in [0.15, 0.2) is 6.61 Å². The molecule has 2 amide bonds. The smallest absolute Gasteiger partial charge is 0.271 e. The van der Waals surface area contributed by atoms with Gasteiger partial charge in [-0.15, -0.1) is 0 Å². The number of nitrogens with zero attached hydrogens (tertiary/aromatic N) is 1. The molecule has 0 saturated heterocycles. The van der Waals surface area contributed by atoms with Crippen LogP contribution < -0.4 is 15.5 Å². The number of carbonyl (C=O) groups excluding carboxylic acids is 2. The van der Waals surface area contributed by atoms with Gasteiger partial charge in [0, 0.05) is 21.3 Å².